The number of amides is 1. The zero-order valence-corrected chi connectivity index (χ0v) is 13.9. The molecule has 7 nitrogen and oxygen atoms in total. The average molecular weight is 327 g/mol. The van der Waals surface area contributed by atoms with Crippen molar-refractivity contribution >= 4 is 15.9 Å². The second kappa shape index (κ2) is 5.34. The van der Waals surface area contributed by atoms with E-state index in [4.69, 9.17) is 4.42 Å². The van der Waals surface area contributed by atoms with E-state index in [9.17, 15) is 13.2 Å². The molecule has 2 atom stereocenters. The SMILES string of the molecule is Cc1nc(C)c(C(=O)N2C[C@@H]3CC[C@H]2CN(S(C)(=O)=O)C3)o1. The van der Waals surface area contributed by atoms with Crippen LogP contribution in [0.1, 0.15) is 35.0 Å². The summed E-state index contributed by atoms with van der Waals surface area (Å²) in [4.78, 5) is 18.7. The largest absolute Gasteiger partial charge is 0.436 e. The molecule has 122 valence electrons. The first-order valence-corrected chi connectivity index (χ1v) is 9.30. The number of carbonyl (C=O) groups excluding carboxylic acids is 1. The second-order valence-electron chi connectivity index (χ2n) is 6.28. The van der Waals surface area contributed by atoms with Crippen LogP contribution in [0.25, 0.3) is 0 Å². The molecule has 0 saturated carbocycles. The van der Waals surface area contributed by atoms with Crippen LogP contribution in [-0.2, 0) is 10.0 Å². The van der Waals surface area contributed by atoms with Crippen molar-refractivity contribution in [1.82, 2.24) is 14.2 Å². The number of aromatic nitrogens is 1. The van der Waals surface area contributed by atoms with Crippen LogP contribution in [0.4, 0.5) is 0 Å². The van der Waals surface area contributed by atoms with Crippen molar-refractivity contribution in [3.63, 3.8) is 0 Å². The van der Waals surface area contributed by atoms with E-state index in [2.05, 4.69) is 4.98 Å². The predicted molar refractivity (Wildman–Crippen MR) is 79.9 cm³/mol. The van der Waals surface area contributed by atoms with Crippen molar-refractivity contribution in [3.05, 3.63) is 17.3 Å². The first-order valence-electron chi connectivity index (χ1n) is 7.46. The zero-order chi connectivity index (χ0) is 16.1. The Morgan fingerprint density at radius 3 is 2.55 bits per heavy atom. The Hall–Kier alpha value is -1.41. The van der Waals surface area contributed by atoms with E-state index < -0.39 is 10.0 Å². The van der Waals surface area contributed by atoms with E-state index >= 15 is 0 Å². The summed E-state index contributed by atoms with van der Waals surface area (Å²) >= 11 is 0. The van der Waals surface area contributed by atoms with Gasteiger partial charge in [-0.1, -0.05) is 0 Å². The number of fused-ring (bicyclic) bond motifs is 4. The van der Waals surface area contributed by atoms with Crippen LogP contribution in [0.2, 0.25) is 0 Å². The van der Waals surface area contributed by atoms with Gasteiger partial charge in [-0.2, -0.15) is 4.31 Å². The Morgan fingerprint density at radius 2 is 1.95 bits per heavy atom. The topological polar surface area (TPSA) is 83.7 Å². The summed E-state index contributed by atoms with van der Waals surface area (Å²) in [6.45, 7) is 4.90. The van der Waals surface area contributed by atoms with E-state index in [-0.39, 0.29) is 23.6 Å². The van der Waals surface area contributed by atoms with Gasteiger partial charge < -0.3 is 9.32 Å². The summed E-state index contributed by atoms with van der Waals surface area (Å²) in [5.41, 5.74) is 0.586. The van der Waals surface area contributed by atoms with Gasteiger partial charge in [0.2, 0.25) is 15.8 Å². The molecule has 0 aliphatic carbocycles. The molecule has 0 spiro atoms. The van der Waals surface area contributed by atoms with Gasteiger partial charge in [-0.3, -0.25) is 4.79 Å². The minimum Gasteiger partial charge on any atom is -0.436 e. The Kier molecular flexibility index (Phi) is 3.76. The minimum atomic E-state index is -3.23. The van der Waals surface area contributed by atoms with Gasteiger partial charge in [-0.15, -0.1) is 0 Å². The van der Waals surface area contributed by atoms with Gasteiger partial charge in [0, 0.05) is 32.6 Å². The molecule has 0 radical (unpaired) electrons. The third-order valence-electron chi connectivity index (χ3n) is 4.51. The van der Waals surface area contributed by atoms with Gasteiger partial charge in [0.05, 0.1) is 11.9 Å². The molecule has 1 aromatic rings. The highest BCUT2D eigenvalue weighted by Gasteiger charge is 2.41. The molecule has 4 rings (SSSR count). The maximum Gasteiger partial charge on any atom is 0.291 e. The maximum atomic E-state index is 12.8. The van der Waals surface area contributed by atoms with Crippen molar-refractivity contribution in [1.29, 1.82) is 0 Å². The summed E-state index contributed by atoms with van der Waals surface area (Å²) in [5, 5.41) is 0. The normalized spacial score (nSPS) is 26.2. The van der Waals surface area contributed by atoms with Crippen molar-refractivity contribution in [3.8, 4) is 0 Å². The number of nitrogens with zero attached hydrogens (tertiary/aromatic N) is 3. The van der Waals surface area contributed by atoms with Crippen molar-refractivity contribution in [2.75, 3.05) is 25.9 Å². The summed E-state index contributed by atoms with van der Waals surface area (Å²) < 4.78 is 30.7. The Balaban J connectivity index is 1.87. The zero-order valence-electron chi connectivity index (χ0n) is 13.1. The molecule has 4 heterocycles. The van der Waals surface area contributed by atoms with Gasteiger partial charge in [0.1, 0.15) is 0 Å². The standard InChI is InChI=1S/C14H21N3O4S/c1-9-13(21-10(2)15-9)14(18)17-7-11-4-5-12(17)8-16(6-11)22(3,19)20/h11-12H,4-8H2,1-3H3/t11-,12+/m1/s1. The molecule has 8 heteroatoms. The van der Waals surface area contributed by atoms with Crippen LogP contribution in [0, 0.1) is 19.8 Å². The number of oxazole rings is 1. The number of rotatable bonds is 2. The lowest BCUT2D eigenvalue weighted by Gasteiger charge is -2.35. The fourth-order valence-electron chi connectivity index (χ4n) is 3.42. The molecule has 3 saturated heterocycles. The number of hydrogen-bond donors (Lipinski definition) is 0. The van der Waals surface area contributed by atoms with Crippen molar-refractivity contribution < 1.29 is 17.6 Å². The molecule has 3 aliphatic heterocycles. The van der Waals surface area contributed by atoms with E-state index in [0.717, 1.165) is 12.8 Å². The van der Waals surface area contributed by atoms with Gasteiger partial charge >= 0.3 is 0 Å². The number of carbonyl (C=O) groups is 1. The van der Waals surface area contributed by atoms with Gasteiger partial charge in [0.15, 0.2) is 5.89 Å². The number of hydrogen-bond acceptors (Lipinski definition) is 5. The first kappa shape index (κ1) is 15.5. The third-order valence-corrected chi connectivity index (χ3v) is 5.74. The van der Waals surface area contributed by atoms with E-state index in [0.29, 0.717) is 31.2 Å². The third kappa shape index (κ3) is 2.77. The fraction of sp³-hybridized carbons (Fsp3) is 0.714. The lowest BCUT2D eigenvalue weighted by molar-refractivity contribution is 0.0554. The highest BCUT2D eigenvalue weighted by molar-refractivity contribution is 7.88. The van der Waals surface area contributed by atoms with Crippen molar-refractivity contribution in [2.24, 2.45) is 5.92 Å². The van der Waals surface area contributed by atoms with Crippen LogP contribution < -0.4 is 0 Å². The summed E-state index contributed by atoms with van der Waals surface area (Å²) in [6, 6.07) is -0.0919. The molecular formula is C14H21N3O4S. The molecule has 0 aromatic carbocycles. The summed E-state index contributed by atoms with van der Waals surface area (Å²) in [6.07, 6.45) is 3.01. The highest BCUT2D eigenvalue weighted by Crippen LogP contribution is 2.30. The van der Waals surface area contributed by atoms with Crippen LogP contribution in [0.3, 0.4) is 0 Å². The van der Waals surface area contributed by atoms with E-state index in [1.54, 1.807) is 18.7 Å². The molecule has 2 bridgehead atoms. The number of aryl methyl sites for hydroxylation is 2. The smallest absolute Gasteiger partial charge is 0.291 e. The molecule has 0 N–H and O–H groups in total. The van der Waals surface area contributed by atoms with Crippen LogP contribution in [-0.4, -0.2) is 60.4 Å². The summed E-state index contributed by atoms with van der Waals surface area (Å²) in [5.74, 6) is 0.749. The Morgan fingerprint density at radius 1 is 1.23 bits per heavy atom. The first-order chi connectivity index (χ1) is 10.3. The average Bonchev–Trinajstić information content (AvgIpc) is 2.64. The molecule has 3 aliphatic rings. The number of piperidine rings is 1. The van der Waals surface area contributed by atoms with Crippen LogP contribution >= 0.6 is 0 Å². The number of sulfonamides is 1. The lowest BCUT2D eigenvalue weighted by Crippen LogP contribution is -2.47. The van der Waals surface area contributed by atoms with Crippen LogP contribution in [0.5, 0.6) is 0 Å². The quantitative estimate of drug-likeness (QED) is 0.802. The molecule has 3 fully saturated rings. The monoisotopic (exact) mass is 327 g/mol. The van der Waals surface area contributed by atoms with Gasteiger partial charge in [0.25, 0.3) is 5.91 Å². The summed E-state index contributed by atoms with van der Waals surface area (Å²) in [7, 11) is -3.23. The predicted octanol–water partition coefficient (Wildman–Crippen LogP) is 0.787. The molecule has 1 amide bonds. The lowest BCUT2D eigenvalue weighted by atomic mass is 9.95. The van der Waals surface area contributed by atoms with Gasteiger partial charge in [-0.05, 0) is 25.7 Å². The fourth-order valence-corrected chi connectivity index (χ4v) is 4.34. The van der Waals surface area contributed by atoms with Crippen LogP contribution in [0.15, 0.2) is 4.42 Å². The molecule has 0 unspecified atom stereocenters. The molecule has 22 heavy (non-hydrogen) atoms. The Labute approximate surface area is 130 Å². The van der Waals surface area contributed by atoms with E-state index in [1.165, 1.54) is 10.6 Å². The highest BCUT2D eigenvalue weighted by atomic mass is 32.2. The van der Waals surface area contributed by atoms with Crippen molar-refractivity contribution in [2.45, 2.75) is 32.7 Å². The molecular weight excluding hydrogens is 306 g/mol. The molecule has 1 aromatic heterocycles. The maximum absolute atomic E-state index is 12.8. The minimum absolute atomic E-state index is 0.0919. The van der Waals surface area contributed by atoms with Gasteiger partial charge in [-0.25, -0.2) is 13.4 Å². The van der Waals surface area contributed by atoms with E-state index in [1.807, 2.05) is 0 Å². The second-order valence-corrected chi connectivity index (χ2v) is 8.26. The Bertz CT molecular complexity index is 697.